The highest BCUT2D eigenvalue weighted by atomic mass is 16.4. The summed E-state index contributed by atoms with van der Waals surface area (Å²) in [7, 11) is 0. The molecule has 17 heavy (non-hydrogen) atoms. The van der Waals surface area contributed by atoms with Gasteiger partial charge >= 0.3 is 5.97 Å². The Labute approximate surface area is 97.0 Å². The van der Waals surface area contributed by atoms with Crippen LogP contribution in [-0.2, 0) is 14.4 Å². The van der Waals surface area contributed by atoms with Crippen LogP contribution < -0.4 is 0 Å². The van der Waals surface area contributed by atoms with Crippen LogP contribution in [0.25, 0.3) is 0 Å². The molecule has 1 aliphatic rings. The van der Waals surface area contributed by atoms with E-state index in [2.05, 4.69) is 0 Å². The predicted molar refractivity (Wildman–Crippen MR) is 57.8 cm³/mol. The molecule has 1 heterocycles. The van der Waals surface area contributed by atoms with Crippen molar-refractivity contribution in [2.45, 2.75) is 6.04 Å². The number of hydrogen-bond donors (Lipinski definition) is 1. The van der Waals surface area contributed by atoms with Crippen molar-refractivity contribution in [3.05, 3.63) is 48.0 Å². The topological polar surface area (TPSA) is 74.7 Å². The number of benzene rings is 1. The first-order valence-electron chi connectivity index (χ1n) is 4.94. The summed E-state index contributed by atoms with van der Waals surface area (Å²) >= 11 is 0. The lowest BCUT2D eigenvalue weighted by Crippen LogP contribution is -2.38. The highest BCUT2D eigenvalue weighted by Crippen LogP contribution is 2.24. The maximum atomic E-state index is 11.5. The van der Waals surface area contributed by atoms with Gasteiger partial charge in [0, 0.05) is 12.2 Å². The zero-order chi connectivity index (χ0) is 12.4. The molecule has 0 saturated carbocycles. The van der Waals surface area contributed by atoms with Crippen molar-refractivity contribution in [1.29, 1.82) is 0 Å². The summed E-state index contributed by atoms with van der Waals surface area (Å²) < 4.78 is 0. The fraction of sp³-hybridized carbons (Fsp3) is 0.0833. The highest BCUT2D eigenvalue weighted by Gasteiger charge is 2.36. The summed E-state index contributed by atoms with van der Waals surface area (Å²) in [5.74, 6) is -2.45. The number of carbonyl (C=O) groups is 3. The standard InChI is InChI=1S/C12H9NO4/c14-9-6-7-10(15)13(9)11(12(16)17)8-4-2-1-3-5-8/h1-7,11H,(H,16,17). The van der Waals surface area contributed by atoms with E-state index >= 15 is 0 Å². The lowest BCUT2D eigenvalue weighted by molar-refractivity contribution is -0.153. The van der Waals surface area contributed by atoms with Crippen LogP contribution in [0.2, 0.25) is 0 Å². The molecular formula is C12H9NO4. The first-order chi connectivity index (χ1) is 8.11. The quantitative estimate of drug-likeness (QED) is 0.778. The molecule has 1 atom stereocenters. The van der Waals surface area contributed by atoms with Crippen molar-refractivity contribution in [3.63, 3.8) is 0 Å². The highest BCUT2D eigenvalue weighted by molar-refractivity contribution is 6.14. The van der Waals surface area contributed by atoms with E-state index in [1.54, 1.807) is 30.3 Å². The third kappa shape index (κ3) is 1.94. The van der Waals surface area contributed by atoms with Gasteiger partial charge in [0.1, 0.15) is 0 Å². The fourth-order valence-electron chi connectivity index (χ4n) is 1.70. The van der Waals surface area contributed by atoms with Crippen LogP contribution in [-0.4, -0.2) is 27.8 Å². The van der Waals surface area contributed by atoms with Gasteiger partial charge in [0.2, 0.25) is 0 Å². The van der Waals surface area contributed by atoms with Gasteiger partial charge in [-0.15, -0.1) is 0 Å². The molecule has 0 spiro atoms. The Kier molecular flexibility index (Phi) is 2.74. The Morgan fingerprint density at radius 1 is 1.06 bits per heavy atom. The second-order valence-corrected chi connectivity index (χ2v) is 3.53. The average Bonchev–Trinajstić information content (AvgIpc) is 2.62. The largest absolute Gasteiger partial charge is 0.479 e. The maximum absolute atomic E-state index is 11.5. The normalized spacial score (nSPS) is 16.4. The molecule has 1 N–H and O–H groups in total. The van der Waals surface area contributed by atoms with Gasteiger partial charge in [0.15, 0.2) is 6.04 Å². The minimum atomic E-state index is -1.27. The SMILES string of the molecule is O=C(O)C(c1ccccc1)N1C(=O)C=CC1=O. The number of rotatable bonds is 3. The number of carboxylic acid groups (broad SMARTS) is 1. The lowest BCUT2D eigenvalue weighted by Gasteiger charge is -2.22. The van der Waals surface area contributed by atoms with E-state index in [0.29, 0.717) is 5.56 Å². The number of aliphatic carboxylic acids is 1. The summed E-state index contributed by atoms with van der Waals surface area (Å²) in [4.78, 5) is 34.9. The molecule has 5 nitrogen and oxygen atoms in total. The zero-order valence-electron chi connectivity index (χ0n) is 8.74. The monoisotopic (exact) mass is 231 g/mol. The third-order valence-corrected chi connectivity index (χ3v) is 2.45. The molecule has 0 aromatic heterocycles. The van der Waals surface area contributed by atoms with Crippen LogP contribution in [0.1, 0.15) is 11.6 Å². The average molecular weight is 231 g/mol. The predicted octanol–water partition coefficient (Wildman–Crippen LogP) is 0.737. The molecule has 0 aliphatic carbocycles. The minimum Gasteiger partial charge on any atom is -0.479 e. The Balaban J connectivity index is 2.41. The number of carbonyl (C=O) groups excluding carboxylic acids is 2. The van der Waals surface area contributed by atoms with E-state index < -0.39 is 23.8 Å². The van der Waals surface area contributed by atoms with Crippen LogP contribution in [0.15, 0.2) is 42.5 Å². The van der Waals surface area contributed by atoms with Crippen LogP contribution in [0.3, 0.4) is 0 Å². The number of nitrogens with zero attached hydrogens (tertiary/aromatic N) is 1. The van der Waals surface area contributed by atoms with Crippen molar-refractivity contribution >= 4 is 17.8 Å². The molecular weight excluding hydrogens is 222 g/mol. The van der Waals surface area contributed by atoms with Gasteiger partial charge in [-0.3, -0.25) is 14.5 Å². The van der Waals surface area contributed by atoms with Crippen LogP contribution in [0.5, 0.6) is 0 Å². The van der Waals surface area contributed by atoms with Gasteiger partial charge in [-0.2, -0.15) is 0 Å². The van der Waals surface area contributed by atoms with Crippen LogP contribution in [0.4, 0.5) is 0 Å². The Morgan fingerprint density at radius 2 is 1.59 bits per heavy atom. The fourth-order valence-corrected chi connectivity index (χ4v) is 1.70. The van der Waals surface area contributed by atoms with Gasteiger partial charge in [-0.25, -0.2) is 4.79 Å². The number of hydrogen-bond acceptors (Lipinski definition) is 3. The van der Waals surface area contributed by atoms with Gasteiger partial charge in [-0.05, 0) is 5.56 Å². The summed E-state index contributed by atoms with van der Waals surface area (Å²) in [6.07, 6.45) is 2.14. The lowest BCUT2D eigenvalue weighted by atomic mass is 10.1. The maximum Gasteiger partial charge on any atom is 0.331 e. The third-order valence-electron chi connectivity index (χ3n) is 2.45. The van der Waals surface area contributed by atoms with E-state index in [0.717, 1.165) is 17.1 Å². The Bertz CT molecular complexity index is 488. The van der Waals surface area contributed by atoms with E-state index in [9.17, 15) is 14.4 Å². The Hall–Kier alpha value is -2.43. The van der Waals surface area contributed by atoms with Crippen LogP contribution in [0, 0.1) is 0 Å². The van der Waals surface area contributed by atoms with Gasteiger partial charge in [0.25, 0.3) is 11.8 Å². The van der Waals surface area contributed by atoms with Crippen molar-refractivity contribution in [2.75, 3.05) is 0 Å². The first-order valence-corrected chi connectivity index (χ1v) is 4.94. The number of imide groups is 1. The van der Waals surface area contributed by atoms with Crippen molar-refractivity contribution in [3.8, 4) is 0 Å². The first kappa shape index (κ1) is 11.1. The second-order valence-electron chi connectivity index (χ2n) is 3.53. The number of amides is 2. The second kappa shape index (κ2) is 4.21. The zero-order valence-corrected chi connectivity index (χ0v) is 8.74. The van der Waals surface area contributed by atoms with E-state index in [4.69, 9.17) is 5.11 Å². The summed E-state index contributed by atoms with van der Waals surface area (Å²) in [6.45, 7) is 0. The van der Waals surface area contributed by atoms with E-state index in [1.807, 2.05) is 0 Å². The molecule has 5 heteroatoms. The molecule has 1 aliphatic heterocycles. The van der Waals surface area contributed by atoms with Gasteiger partial charge < -0.3 is 5.11 Å². The molecule has 1 unspecified atom stereocenters. The summed E-state index contributed by atoms with van der Waals surface area (Å²) in [5, 5.41) is 9.15. The molecule has 2 amide bonds. The molecule has 1 aromatic rings. The minimum absolute atomic E-state index is 0.394. The van der Waals surface area contributed by atoms with Crippen LogP contribution >= 0.6 is 0 Å². The van der Waals surface area contributed by atoms with Crippen molar-refractivity contribution in [2.24, 2.45) is 0 Å². The van der Waals surface area contributed by atoms with Gasteiger partial charge in [-0.1, -0.05) is 30.3 Å². The molecule has 86 valence electrons. The van der Waals surface area contributed by atoms with Crippen molar-refractivity contribution < 1.29 is 19.5 Å². The smallest absolute Gasteiger partial charge is 0.331 e. The molecule has 2 rings (SSSR count). The molecule has 0 radical (unpaired) electrons. The van der Waals surface area contributed by atoms with E-state index in [-0.39, 0.29) is 0 Å². The summed E-state index contributed by atoms with van der Waals surface area (Å²) in [5.41, 5.74) is 0.394. The van der Waals surface area contributed by atoms with E-state index in [1.165, 1.54) is 0 Å². The summed E-state index contributed by atoms with van der Waals surface area (Å²) in [6, 6.07) is 6.91. The molecule has 1 aromatic carbocycles. The molecule has 0 bridgehead atoms. The Morgan fingerprint density at radius 3 is 2.06 bits per heavy atom. The molecule has 0 saturated heterocycles. The van der Waals surface area contributed by atoms with Gasteiger partial charge in [0.05, 0.1) is 0 Å². The molecule has 0 fully saturated rings. The van der Waals surface area contributed by atoms with Crippen molar-refractivity contribution in [1.82, 2.24) is 4.90 Å². The number of carboxylic acids is 1.